The number of amides is 3. The molecule has 196 valence electrons. The van der Waals surface area contributed by atoms with Crippen LogP contribution in [0, 0.1) is 5.92 Å². The third-order valence-corrected chi connectivity index (χ3v) is 6.15. The molecule has 7 N–H and O–H groups in total. The summed E-state index contributed by atoms with van der Waals surface area (Å²) in [6, 6.07) is 2.06. The Balaban J connectivity index is 3.08. The summed E-state index contributed by atoms with van der Waals surface area (Å²) in [7, 11) is 0. The minimum Gasteiger partial charge on any atom is -0.508 e. The normalized spacial score (nSPS) is 14.5. The van der Waals surface area contributed by atoms with Crippen molar-refractivity contribution >= 4 is 48.1 Å². The highest BCUT2D eigenvalue weighted by atomic mass is 32.2. The van der Waals surface area contributed by atoms with Crippen LogP contribution in [0.4, 0.5) is 0 Å². The number of carboxylic acid groups (broad SMARTS) is 1. The molecular formula is C23H36N4O6S2. The fourth-order valence-corrected chi connectivity index (χ4v) is 3.82. The molecule has 1 rings (SSSR count). The van der Waals surface area contributed by atoms with E-state index in [1.54, 1.807) is 12.1 Å². The largest absolute Gasteiger partial charge is 0.508 e. The molecule has 0 radical (unpaired) electrons. The highest BCUT2D eigenvalue weighted by Gasteiger charge is 2.30. The molecule has 10 nitrogen and oxygen atoms in total. The summed E-state index contributed by atoms with van der Waals surface area (Å²) in [5, 5.41) is 26.7. The number of hydrogen-bond donors (Lipinski definition) is 7. The number of carbonyl (C=O) groups is 4. The van der Waals surface area contributed by atoms with Gasteiger partial charge in [-0.1, -0.05) is 26.0 Å². The molecule has 0 heterocycles. The summed E-state index contributed by atoms with van der Waals surface area (Å²) < 4.78 is 0. The predicted molar refractivity (Wildman–Crippen MR) is 140 cm³/mol. The maximum absolute atomic E-state index is 13.2. The van der Waals surface area contributed by atoms with Crippen molar-refractivity contribution in [2.24, 2.45) is 11.7 Å². The molecule has 3 amide bonds. The van der Waals surface area contributed by atoms with E-state index in [0.717, 1.165) is 0 Å². The van der Waals surface area contributed by atoms with Crippen LogP contribution in [-0.4, -0.2) is 75.8 Å². The molecule has 4 atom stereocenters. The van der Waals surface area contributed by atoms with Crippen LogP contribution in [-0.2, 0) is 25.6 Å². The number of nitrogens with two attached hydrogens (primary N) is 1. The van der Waals surface area contributed by atoms with Gasteiger partial charge in [0.05, 0.1) is 6.04 Å². The standard InChI is InChI=1S/C23H36N4O6S2/c1-13(2)10-18(21(30)25-17(23(32)33)8-9-35-3)27-22(31)19(26-20(29)16(24)12-34)11-14-4-6-15(28)7-5-14/h4-7,13,16-19,28,34H,8-12,24H2,1-3H3,(H,25,30)(H,26,29)(H,27,31)(H,32,33). The molecule has 0 aliphatic carbocycles. The van der Waals surface area contributed by atoms with Crippen LogP contribution in [0.15, 0.2) is 24.3 Å². The van der Waals surface area contributed by atoms with Crippen LogP contribution in [0.2, 0.25) is 0 Å². The predicted octanol–water partition coefficient (Wildman–Crippen LogP) is 0.530. The zero-order valence-corrected chi connectivity index (χ0v) is 21.9. The highest BCUT2D eigenvalue weighted by molar-refractivity contribution is 7.98. The monoisotopic (exact) mass is 528 g/mol. The second-order valence-corrected chi connectivity index (χ2v) is 9.94. The lowest BCUT2D eigenvalue weighted by atomic mass is 10.0. The van der Waals surface area contributed by atoms with Crippen molar-refractivity contribution in [1.29, 1.82) is 0 Å². The van der Waals surface area contributed by atoms with Gasteiger partial charge in [0, 0.05) is 12.2 Å². The molecule has 0 aromatic heterocycles. The van der Waals surface area contributed by atoms with Gasteiger partial charge in [0.15, 0.2) is 0 Å². The van der Waals surface area contributed by atoms with Gasteiger partial charge >= 0.3 is 5.97 Å². The van der Waals surface area contributed by atoms with Crippen molar-refractivity contribution in [2.45, 2.75) is 57.3 Å². The van der Waals surface area contributed by atoms with E-state index in [4.69, 9.17) is 5.73 Å². The molecule has 0 bridgehead atoms. The van der Waals surface area contributed by atoms with Crippen molar-refractivity contribution in [3.8, 4) is 5.75 Å². The molecule has 0 aliphatic heterocycles. The van der Waals surface area contributed by atoms with Crippen LogP contribution in [0.1, 0.15) is 32.3 Å². The van der Waals surface area contributed by atoms with Crippen LogP contribution in [0.25, 0.3) is 0 Å². The molecule has 0 spiro atoms. The molecular weight excluding hydrogens is 492 g/mol. The highest BCUT2D eigenvalue weighted by Crippen LogP contribution is 2.13. The van der Waals surface area contributed by atoms with E-state index in [-0.39, 0.29) is 36.7 Å². The van der Waals surface area contributed by atoms with E-state index in [9.17, 15) is 29.4 Å². The number of nitrogens with one attached hydrogen (secondary N) is 3. The Morgan fingerprint density at radius 1 is 0.971 bits per heavy atom. The Bertz CT molecular complexity index is 853. The summed E-state index contributed by atoms with van der Waals surface area (Å²) in [5.74, 6) is -2.26. The molecule has 1 aromatic rings. The maximum Gasteiger partial charge on any atom is 0.326 e. The minimum absolute atomic E-state index is 0.0169. The Morgan fingerprint density at radius 2 is 1.51 bits per heavy atom. The van der Waals surface area contributed by atoms with E-state index >= 15 is 0 Å². The van der Waals surface area contributed by atoms with Crippen LogP contribution in [0.3, 0.4) is 0 Å². The zero-order valence-electron chi connectivity index (χ0n) is 20.2. The second kappa shape index (κ2) is 15.5. The number of carboxylic acids is 1. The van der Waals surface area contributed by atoms with Gasteiger partial charge in [0.2, 0.25) is 17.7 Å². The summed E-state index contributed by atoms with van der Waals surface area (Å²) in [6.07, 6.45) is 2.43. The second-order valence-electron chi connectivity index (χ2n) is 8.59. The van der Waals surface area contributed by atoms with Gasteiger partial charge in [-0.3, -0.25) is 14.4 Å². The summed E-state index contributed by atoms with van der Waals surface area (Å²) >= 11 is 5.48. The van der Waals surface area contributed by atoms with Crippen molar-refractivity contribution in [3.63, 3.8) is 0 Å². The number of benzene rings is 1. The van der Waals surface area contributed by atoms with E-state index in [2.05, 4.69) is 28.6 Å². The Kier molecular flexibility index (Phi) is 13.6. The van der Waals surface area contributed by atoms with Gasteiger partial charge in [-0.25, -0.2) is 4.79 Å². The number of phenols is 1. The van der Waals surface area contributed by atoms with Gasteiger partial charge < -0.3 is 31.9 Å². The van der Waals surface area contributed by atoms with E-state index in [0.29, 0.717) is 11.3 Å². The number of aliphatic carboxylic acids is 1. The first-order valence-electron chi connectivity index (χ1n) is 11.3. The fraction of sp³-hybridized carbons (Fsp3) is 0.565. The number of carbonyl (C=O) groups excluding carboxylic acids is 3. The lowest BCUT2D eigenvalue weighted by Gasteiger charge is -2.26. The zero-order chi connectivity index (χ0) is 26.5. The Hall–Kier alpha value is -2.44. The van der Waals surface area contributed by atoms with Crippen LogP contribution >= 0.6 is 24.4 Å². The quantitative estimate of drug-likeness (QED) is 0.162. The van der Waals surface area contributed by atoms with Gasteiger partial charge in [-0.15, -0.1) is 0 Å². The van der Waals surface area contributed by atoms with Gasteiger partial charge in [-0.05, 0) is 48.5 Å². The molecule has 4 unspecified atom stereocenters. The number of thiol groups is 1. The number of phenolic OH excluding ortho intramolecular Hbond substituents is 1. The van der Waals surface area contributed by atoms with Crippen molar-refractivity contribution < 1.29 is 29.4 Å². The van der Waals surface area contributed by atoms with Crippen LogP contribution in [0.5, 0.6) is 5.75 Å². The minimum atomic E-state index is -1.15. The summed E-state index contributed by atoms with van der Waals surface area (Å²) in [6.45, 7) is 3.74. The third kappa shape index (κ3) is 11.2. The average molecular weight is 529 g/mol. The van der Waals surface area contributed by atoms with Crippen LogP contribution < -0.4 is 21.7 Å². The fourth-order valence-electron chi connectivity index (χ4n) is 3.18. The lowest BCUT2D eigenvalue weighted by Crippen LogP contribution is -2.58. The summed E-state index contributed by atoms with van der Waals surface area (Å²) in [5.41, 5.74) is 6.40. The van der Waals surface area contributed by atoms with Crippen molar-refractivity contribution in [3.05, 3.63) is 29.8 Å². The maximum atomic E-state index is 13.2. The van der Waals surface area contributed by atoms with Gasteiger partial charge in [0.1, 0.15) is 23.9 Å². The van der Waals surface area contributed by atoms with Crippen molar-refractivity contribution in [2.75, 3.05) is 17.8 Å². The number of aromatic hydroxyl groups is 1. The van der Waals surface area contributed by atoms with Gasteiger partial charge in [0.25, 0.3) is 0 Å². The van der Waals surface area contributed by atoms with E-state index in [1.807, 2.05) is 20.1 Å². The first kappa shape index (κ1) is 30.6. The number of rotatable bonds is 15. The first-order valence-corrected chi connectivity index (χ1v) is 13.3. The average Bonchev–Trinajstić information content (AvgIpc) is 2.80. The molecule has 0 aliphatic rings. The molecule has 0 saturated carbocycles. The van der Waals surface area contributed by atoms with Crippen molar-refractivity contribution in [1.82, 2.24) is 16.0 Å². The number of hydrogen-bond acceptors (Lipinski definition) is 8. The molecule has 0 fully saturated rings. The van der Waals surface area contributed by atoms with E-state index < -0.39 is 47.9 Å². The molecule has 0 saturated heterocycles. The SMILES string of the molecule is CSCCC(NC(=O)C(CC(C)C)NC(=O)C(Cc1ccc(O)cc1)NC(=O)C(N)CS)C(=O)O. The van der Waals surface area contributed by atoms with Gasteiger partial charge in [-0.2, -0.15) is 24.4 Å². The lowest BCUT2D eigenvalue weighted by molar-refractivity contribution is -0.142. The topological polar surface area (TPSA) is 171 Å². The number of thioether (sulfide) groups is 1. The molecule has 1 aromatic carbocycles. The van der Waals surface area contributed by atoms with E-state index in [1.165, 1.54) is 23.9 Å². The smallest absolute Gasteiger partial charge is 0.326 e. The Morgan fingerprint density at radius 3 is 2.03 bits per heavy atom. The third-order valence-electron chi connectivity index (χ3n) is 5.11. The Labute approximate surface area is 215 Å². The molecule has 12 heteroatoms. The summed E-state index contributed by atoms with van der Waals surface area (Å²) in [4.78, 5) is 50.1. The molecule has 35 heavy (non-hydrogen) atoms. The first-order chi connectivity index (χ1) is 16.5.